The number of hydrogen-bond donors (Lipinski definition) is 1. The first kappa shape index (κ1) is 12.1. The van der Waals surface area contributed by atoms with Crippen molar-refractivity contribution in [2.75, 3.05) is 7.05 Å². The van der Waals surface area contributed by atoms with E-state index in [0.29, 0.717) is 5.02 Å². The lowest BCUT2D eigenvalue weighted by Gasteiger charge is -2.18. The first-order chi connectivity index (χ1) is 8.13. The molecule has 4 heteroatoms. The van der Waals surface area contributed by atoms with Gasteiger partial charge in [0, 0.05) is 7.05 Å². The molecule has 0 bridgehead atoms. The van der Waals surface area contributed by atoms with Gasteiger partial charge in [-0.25, -0.2) is 0 Å². The third kappa shape index (κ3) is 2.35. The predicted molar refractivity (Wildman–Crippen MR) is 70.3 cm³/mol. The van der Waals surface area contributed by atoms with E-state index < -0.39 is 0 Å². The summed E-state index contributed by atoms with van der Waals surface area (Å²) in [5.74, 6) is 0. The first-order valence-corrected chi connectivity index (χ1v) is 5.92. The van der Waals surface area contributed by atoms with Gasteiger partial charge in [-0.15, -0.1) is 0 Å². The highest BCUT2D eigenvalue weighted by atomic mass is 35.5. The summed E-state index contributed by atoms with van der Waals surface area (Å²) in [5, 5.41) is 8.15. The number of halogens is 1. The summed E-state index contributed by atoms with van der Waals surface area (Å²) in [7, 11) is 3.83. The Morgan fingerprint density at radius 1 is 1.41 bits per heavy atom. The fourth-order valence-electron chi connectivity index (χ4n) is 2.06. The molecule has 0 aliphatic heterocycles. The number of hydrogen-bond acceptors (Lipinski definition) is 2. The summed E-state index contributed by atoms with van der Waals surface area (Å²) in [5.41, 5.74) is 3.42. The lowest BCUT2D eigenvalue weighted by atomic mass is 10.0. The topological polar surface area (TPSA) is 29.9 Å². The summed E-state index contributed by atoms with van der Waals surface area (Å²) >= 11 is 6.18. The summed E-state index contributed by atoms with van der Waals surface area (Å²) in [6, 6.07) is 8.46. The molecule has 3 nitrogen and oxygen atoms in total. The maximum Gasteiger partial charge on any atom is 0.0837 e. The molecule has 1 unspecified atom stereocenters. The van der Waals surface area contributed by atoms with Gasteiger partial charge in [-0.2, -0.15) is 5.10 Å². The minimum Gasteiger partial charge on any atom is -0.308 e. The van der Waals surface area contributed by atoms with E-state index in [2.05, 4.69) is 41.6 Å². The fourth-order valence-corrected chi connectivity index (χ4v) is 2.33. The highest BCUT2D eigenvalue weighted by Gasteiger charge is 2.19. The van der Waals surface area contributed by atoms with Gasteiger partial charge in [0.1, 0.15) is 0 Å². The van der Waals surface area contributed by atoms with Gasteiger partial charge in [-0.1, -0.05) is 41.4 Å². The number of nitrogens with zero attached hydrogens (tertiary/aromatic N) is 2. The summed E-state index contributed by atoms with van der Waals surface area (Å²) in [4.78, 5) is 0. The largest absolute Gasteiger partial charge is 0.308 e. The molecule has 2 aromatic rings. The lowest BCUT2D eigenvalue weighted by Crippen LogP contribution is -2.21. The van der Waals surface area contributed by atoms with E-state index >= 15 is 0 Å². The fraction of sp³-hybridized carbons (Fsp3) is 0.308. The Morgan fingerprint density at radius 3 is 2.71 bits per heavy atom. The molecule has 0 fully saturated rings. The number of aryl methyl sites for hydroxylation is 2. The van der Waals surface area contributed by atoms with Gasteiger partial charge in [0.05, 0.1) is 23.0 Å². The van der Waals surface area contributed by atoms with Crippen LogP contribution in [0, 0.1) is 6.92 Å². The second kappa shape index (κ2) is 4.90. The third-order valence-electron chi connectivity index (χ3n) is 2.88. The van der Waals surface area contributed by atoms with Gasteiger partial charge in [-0.3, -0.25) is 4.68 Å². The molecule has 0 amide bonds. The number of benzene rings is 1. The van der Waals surface area contributed by atoms with E-state index in [1.54, 1.807) is 6.20 Å². The van der Waals surface area contributed by atoms with Crippen LogP contribution in [-0.4, -0.2) is 16.8 Å². The van der Waals surface area contributed by atoms with Crippen molar-refractivity contribution in [3.05, 3.63) is 52.3 Å². The molecule has 1 atom stereocenters. The van der Waals surface area contributed by atoms with Crippen LogP contribution in [0.5, 0.6) is 0 Å². The van der Waals surface area contributed by atoms with Crippen molar-refractivity contribution in [2.24, 2.45) is 7.05 Å². The molecular formula is C13H16ClN3. The molecule has 90 valence electrons. The highest BCUT2D eigenvalue weighted by molar-refractivity contribution is 6.31. The molecule has 1 aromatic heterocycles. The Kier molecular flexibility index (Phi) is 3.50. The summed E-state index contributed by atoms with van der Waals surface area (Å²) < 4.78 is 1.81. The third-order valence-corrected chi connectivity index (χ3v) is 3.17. The van der Waals surface area contributed by atoms with Gasteiger partial charge in [0.25, 0.3) is 0 Å². The zero-order chi connectivity index (χ0) is 12.4. The van der Waals surface area contributed by atoms with Crippen molar-refractivity contribution < 1.29 is 0 Å². The summed E-state index contributed by atoms with van der Waals surface area (Å²) in [6.07, 6.45) is 1.68. The van der Waals surface area contributed by atoms with E-state index in [1.807, 2.05) is 18.8 Å². The van der Waals surface area contributed by atoms with Crippen LogP contribution in [0.1, 0.15) is 22.9 Å². The molecule has 1 aromatic carbocycles. The van der Waals surface area contributed by atoms with Crippen molar-refractivity contribution in [3.8, 4) is 0 Å². The number of rotatable bonds is 3. The van der Waals surface area contributed by atoms with Gasteiger partial charge in [-0.05, 0) is 19.5 Å². The molecule has 0 aliphatic rings. The lowest BCUT2D eigenvalue weighted by molar-refractivity contribution is 0.606. The van der Waals surface area contributed by atoms with Crippen LogP contribution in [0.3, 0.4) is 0 Å². The normalized spacial score (nSPS) is 12.7. The molecule has 17 heavy (non-hydrogen) atoms. The van der Waals surface area contributed by atoms with Crippen LogP contribution >= 0.6 is 11.6 Å². The zero-order valence-corrected chi connectivity index (χ0v) is 11.0. The minimum atomic E-state index is 0.0647. The minimum absolute atomic E-state index is 0.0647. The van der Waals surface area contributed by atoms with E-state index in [0.717, 1.165) is 5.69 Å². The van der Waals surface area contributed by atoms with Crippen molar-refractivity contribution in [2.45, 2.75) is 13.0 Å². The molecule has 0 spiro atoms. The molecular weight excluding hydrogens is 234 g/mol. The van der Waals surface area contributed by atoms with E-state index in [9.17, 15) is 0 Å². The van der Waals surface area contributed by atoms with Crippen LogP contribution in [0.2, 0.25) is 5.02 Å². The Morgan fingerprint density at radius 2 is 2.18 bits per heavy atom. The van der Waals surface area contributed by atoms with Crippen LogP contribution in [0.25, 0.3) is 0 Å². The van der Waals surface area contributed by atoms with Crippen molar-refractivity contribution in [1.82, 2.24) is 15.1 Å². The smallest absolute Gasteiger partial charge is 0.0837 e. The molecule has 1 heterocycles. The number of aromatic nitrogens is 2. The van der Waals surface area contributed by atoms with E-state index in [4.69, 9.17) is 11.6 Å². The Labute approximate surface area is 106 Å². The number of nitrogens with one attached hydrogen (secondary N) is 1. The molecule has 0 saturated carbocycles. The van der Waals surface area contributed by atoms with Gasteiger partial charge < -0.3 is 5.32 Å². The maximum absolute atomic E-state index is 6.18. The van der Waals surface area contributed by atoms with Gasteiger partial charge >= 0.3 is 0 Å². The SMILES string of the molecule is CNC(c1cccc(C)c1)c1c(Cl)cnn1C. The summed E-state index contributed by atoms with van der Waals surface area (Å²) in [6.45, 7) is 2.08. The van der Waals surface area contributed by atoms with E-state index in [1.165, 1.54) is 11.1 Å². The van der Waals surface area contributed by atoms with Crippen molar-refractivity contribution >= 4 is 11.6 Å². The molecule has 0 saturated heterocycles. The quantitative estimate of drug-likeness (QED) is 0.907. The average Bonchev–Trinajstić information content (AvgIpc) is 2.62. The van der Waals surface area contributed by atoms with Crippen LogP contribution in [-0.2, 0) is 7.05 Å². The highest BCUT2D eigenvalue weighted by Crippen LogP contribution is 2.27. The Hall–Kier alpha value is -1.32. The monoisotopic (exact) mass is 249 g/mol. The Balaban J connectivity index is 2.47. The van der Waals surface area contributed by atoms with Gasteiger partial charge in [0.15, 0.2) is 0 Å². The maximum atomic E-state index is 6.18. The molecule has 2 rings (SSSR count). The average molecular weight is 250 g/mol. The second-order valence-corrected chi connectivity index (χ2v) is 4.54. The predicted octanol–water partition coefficient (Wildman–Crippen LogP) is 2.69. The second-order valence-electron chi connectivity index (χ2n) is 4.14. The standard InChI is InChI=1S/C13H16ClN3/c1-9-5-4-6-10(7-9)12(15-2)13-11(14)8-16-17(13)3/h4-8,12,15H,1-3H3. The van der Waals surface area contributed by atoms with Crippen molar-refractivity contribution in [1.29, 1.82) is 0 Å². The zero-order valence-electron chi connectivity index (χ0n) is 10.2. The van der Waals surface area contributed by atoms with Crippen LogP contribution in [0.4, 0.5) is 0 Å². The Bertz CT molecular complexity index is 500. The van der Waals surface area contributed by atoms with Crippen molar-refractivity contribution in [3.63, 3.8) is 0 Å². The molecule has 0 radical (unpaired) electrons. The van der Waals surface area contributed by atoms with E-state index in [-0.39, 0.29) is 6.04 Å². The first-order valence-electron chi connectivity index (χ1n) is 5.54. The molecule has 1 N–H and O–H groups in total. The molecule has 0 aliphatic carbocycles. The van der Waals surface area contributed by atoms with Crippen LogP contribution in [0.15, 0.2) is 30.5 Å². The van der Waals surface area contributed by atoms with Gasteiger partial charge in [0.2, 0.25) is 0 Å². The van der Waals surface area contributed by atoms with Crippen LogP contribution < -0.4 is 5.32 Å².